The van der Waals surface area contributed by atoms with Gasteiger partial charge >= 0.3 is 0 Å². The average molecular weight is 350 g/mol. The molecule has 1 saturated heterocycles. The monoisotopic (exact) mass is 350 g/mol. The summed E-state index contributed by atoms with van der Waals surface area (Å²) in [4.78, 5) is 0. The van der Waals surface area contributed by atoms with E-state index in [2.05, 4.69) is 13.8 Å². The highest BCUT2D eigenvalue weighted by molar-refractivity contribution is 14.1. The molecule has 2 nitrogen and oxygen atoms in total. The Morgan fingerprint density at radius 3 is 2.71 bits per heavy atom. The van der Waals surface area contributed by atoms with Crippen molar-refractivity contribution in [3.05, 3.63) is 0 Å². The molecule has 2 saturated carbocycles. The Balaban J connectivity index is 1.91. The predicted molar refractivity (Wildman–Crippen MR) is 76.0 cm³/mol. The zero-order chi connectivity index (χ0) is 12.1. The largest absolute Gasteiger partial charge is 0.368 e. The van der Waals surface area contributed by atoms with Crippen LogP contribution >= 0.6 is 23.0 Å². The fourth-order valence-corrected chi connectivity index (χ4v) is 5.15. The second-order valence-corrected chi connectivity index (χ2v) is 7.36. The number of hydrogen-bond donors (Lipinski definition) is 0. The summed E-state index contributed by atoms with van der Waals surface area (Å²) in [7, 11) is 0. The van der Waals surface area contributed by atoms with Gasteiger partial charge in [-0.05, 0) is 57.8 Å². The van der Waals surface area contributed by atoms with Crippen LogP contribution in [0.25, 0.3) is 0 Å². The summed E-state index contributed by atoms with van der Waals surface area (Å²) in [5.74, 6) is 2.20. The Morgan fingerprint density at radius 2 is 1.94 bits per heavy atom. The molecule has 0 N–H and O–H groups in total. The van der Waals surface area contributed by atoms with Crippen molar-refractivity contribution in [1.29, 1.82) is 0 Å². The van der Waals surface area contributed by atoms with Crippen LogP contribution in [-0.4, -0.2) is 17.8 Å². The molecule has 2 bridgehead atoms. The van der Waals surface area contributed by atoms with Gasteiger partial charge in [0.05, 0.1) is 17.8 Å². The number of halogens is 1. The number of ether oxygens (including phenoxy) is 1. The molecular formula is C14H23IO2. The SMILES string of the molecule is CC1(C)OC23CC1CCC2CCCC3COI. The lowest BCUT2D eigenvalue weighted by molar-refractivity contribution is -0.165. The summed E-state index contributed by atoms with van der Waals surface area (Å²) in [5.41, 5.74) is 0.255. The van der Waals surface area contributed by atoms with Crippen molar-refractivity contribution in [2.24, 2.45) is 17.8 Å². The van der Waals surface area contributed by atoms with Crippen molar-refractivity contribution < 1.29 is 7.80 Å². The molecule has 4 atom stereocenters. The van der Waals surface area contributed by atoms with Gasteiger partial charge in [0, 0.05) is 5.92 Å². The van der Waals surface area contributed by atoms with Crippen molar-refractivity contribution in [3.63, 3.8) is 0 Å². The van der Waals surface area contributed by atoms with Crippen LogP contribution in [0.3, 0.4) is 0 Å². The molecule has 0 radical (unpaired) electrons. The average Bonchev–Trinajstić information content (AvgIpc) is 2.48. The molecular weight excluding hydrogens is 327 g/mol. The van der Waals surface area contributed by atoms with Crippen LogP contribution in [-0.2, 0) is 7.80 Å². The zero-order valence-corrected chi connectivity index (χ0v) is 13.0. The predicted octanol–water partition coefficient (Wildman–Crippen LogP) is 4.12. The van der Waals surface area contributed by atoms with Gasteiger partial charge in [0.1, 0.15) is 23.0 Å². The second kappa shape index (κ2) is 4.34. The van der Waals surface area contributed by atoms with Crippen LogP contribution in [0.2, 0.25) is 0 Å². The maximum atomic E-state index is 6.65. The van der Waals surface area contributed by atoms with E-state index in [4.69, 9.17) is 7.80 Å². The van der Waals surface area contributed by atoms with E-state index in [9.17, 15) is 0 Å². The lowest BCUT2D eigenvalue weighted by atomic mass is 9.60. The maximum Gasteiger partial charge on any atom is 0.109 e. The van der Waals surface area contributed by atoms with E-state index in [1.165, 1.54) is 38.5 Å². The van der Waals surface area contributed by atoms with Crippen LogP contribution in [0.5, 0.6) is 0 Å². The van der Waals surface area contributed by atoms with Gasteiger partial charge in [-0.3, -0.25) is 0 Å². The van der Waals surface area contributed by atoms with Gasteiger partial charge in [0.25, 0.3) is 0 Å². The van der Waals surface area contributed by atoms with Gasteiger partial charge in [-0.15, -0.1) is 0 Å². The molecule has 0 aromatic heterocycles. The van der Waals surface area contributed by atoms with Crippen LogP contribution in [0.15, 0.2) is 0 Å². The molecule has 0 amide bonds. The van der Waals surface area contributed by atoms with Gasteiger partial charge in [0.15, 0.2) is 0 Å². The van der Waals surface area contributed by atoms with Crippen molar-refractivity contribution >= 4 is 23.0 Å². The number of rotatable bonds is 2. The summed E-state index contributed by atoms with van der Waals surface area (Å²) >= 11 is 2.04. The molecule has 3 heteroatoms. The Hall–Kier alpha value is 0.650. The first kappa shape index (κ1) is 12.7. The van der Waals surface area contributed by atoms with E-state index in [1.807, 2.05) is 23.0 Å². The topological polar surface area (TPSA) is 18.5 Å². The highest BCUT2D eigenvalue weighted by Gasteiger charge is 2.61. The summed E-state index contributed by atoms with van der Waals surface area (Å²) in [6.07, 6.45) is 8.08. The first-order chi connectivity index (χ1) is 8.08. The minimum atomic E-state index is 0.0929. The lowest BCUT2D eigenvalue weighted by Crippen LogP contribution is -2.51. The minimum absolute atomic E-state index is 0.0929. The quantitative estimate of drug-likeness (QED) is 0.698. The molecule has 3 fully saturated rings. The van der Waals surface area contributed by atoms with E-state index in [-0.39, 0.29) is 11.2 Å². The number of fused-ring (bicyclic) bond motifs is 1. The molecule has 3 aliphatic rings. The first-order valence-corrected chi connectivity index (χ1v) is 7.90. The molecule has 2 aliphatic carbocycles. The molecule has 0 aromatic carbocycles. The maximum absolute atomic E-state index is 6.65. The Morgan fingerprint density at radius 1 is 1.18 bits per heavy atom. The molecule has 17 heavy (non-hydrogen) atoms. The fourth-order valence-electron chi connectivity index (χ4n) is 4.72. The second-order valence-electron chi connectivity index (χ2n) is 6.74. The van der Waals surface area contributed by atoms with Gasteiger partial charge in [-0.1, -0.05) is 6.42 Å². The molecule has 4 unspecified atom stereocenters. The molecule has 1 spiro atoms. The Labute approximate surface area is 119 Å². The van der Waals surface area contributed by atoms with Crippen LogP contribution in [0.1, 0.15) is 52.4 Å². The fraction of sp³-hybridized carbons (Fsp3) is 1.00. The van der Waals surface area contributed by atoms with Crippen molar-refractivity contribution in [3.8, 4) is 0 Å². The Bertz CT molecular complexity index is 303. The van der Waals surface area contributed by atoms with E-state index in [0.717, 1.165) is 18.4 Å². The number of hydrogen-bond acceptors (Lipinski definition) is 2. The molecule has 1 aliphatic heterocycles. The van der Waals surface area contributed by atoms with Crippen molar-refractivity contribution in [2.75, 3.05) is 6.61 Å². The normalized spacial score (nSPS) is 47.8. The van der Waals surface area contributed by atoms with E-state index in [0.29, 0.717) is 5.92 Å². The summed E-state index contributed by atoms with van der Waals surface area (Å²) in [6.45, 7) is 5.47. The van der Waals surface area contributed by atoms with Gasteiger partial charge in [-0.2, -0.15) is 0 Å². The van der Waals surface area contributed by atoms with Crippen molar-refractivity contribution in [1.82, 2.24) is 0 Å². The van der Waals surface area contributed by atoms with Gasteiger partial charge in [0.2, 0.25) is 0 Å². The van der Waals surface area contributed by atoms with Crippen LogP contribution in [0, 0.1) is 17.8 Å². The van der Waals surface area contributed by atoms with E-state index in [1.54, 1.807) is 0 Å². The van der Waals surface area contributed by atoms with E-state index >= 15 is 0 Å². The standard InChI is InChI=1S/C14H23IO2/c1-13(2)11-7-6-10-4-3-5-12(9-16-15)14(10,8-11)17-13/h10-12H,3-9H2,1-2H3. The zero-order valence-electron chi connectivity index (χ0n) is 10.9. The summed E-state index contributed by atoms with van der Waals surface area (Å²) in [6, 6.07) is 0. The highest BCUT2D eigenvalue weighted by Crippen LogP contribution is 2.60. The van der Waals surface area contributed by atoms with Gasteiger partial charge < -0.3 is 7.80 Å². The summed E-state index contributed by atoms with van der Waals surface area (Å²) in [5, 5.41) is 0. The van der Waals surface area contributed by atoms with E-state index < -0.39 is 0 Å². The molecule has 1 heterocycles. The molecule has 0 aromatic rings. The highest BCUT2D eigenvalue weighted by atomic mass is 127. The summed E-state index contributed by atoms with van der Waals surface area (Å²) < 4.78 is 12.1. The third-order valence-corrected chi connectivity index (χ3v) is 5.98. The third-order valence-electron chi connectivity index (χ3n) is 5.62. The van der Waals surface area contributed by atoms with Gasteiger partial charge in [-0.25, -0.2) is 0 Å². The third kappa shape index (κ3) is 1.88. The van der Waals surface area contributed by atoms with Crippen LogP contribution < -0.4 is 0 Å². The molecule has 3 rings (SSSR count). The minimum Gasteiger partial charge on any atom is -0.368 e. The first-order valence-electron chi connectivity index (χ1n) is 7.02. The van der Waals surface area contributed by atoms with Crippen molar-refractivity contribution in [2.45, 2.75) is 63.6 Å². The Kier molecular flexibility index (Phi) is 3.24. The smallest absolute Gasteiger partial charge is 0.109 e. The van der Waals surface area contributed by atoms with Crippen LogP contribution in [0.4, 0.5) is 0 Å². The lowest BCUT2D eigenvalue weighted by Gasteiger charge is -2.48. The molecule has 98 valence electrons.